The lowest BCUT2D eigenvalue weighted by atomic mass is 10.0. The predicted molar refractivity (Wildman–Crippen MR) is 288 cm³/mol. The van der Waals surface area contributed by atoms with Crippen molar-refractivity contribution in [1.29, 1.82) is 0 Å². The van der Waals surface area contributed by atoms with Crippen molar-refractivity contribution in [2.24, 2.45) is 0 Å². The summed E-state index contributed by atoms with van der Waals surface area (Å²) < 4.78 is 23.3. The van der Waals surface area contributed by atoms with Crippen molar-refractivity contribution < 1.29 is 32.9 Å². The topological polar surface area (TPSA) is 108 Å². The molecule has 0 aromatic carbocycles. The third-order valence-corrected chi connectivity index (χ3v) is 13.7. The molecule has 0 rings (SSSR count). The second kappa shape index (κ2) is 49.4. The lowest BCUT2D eigenvalue weighted by Gasteiger charge is -2.29. The van der Waals surface area contributed by atoms with Crippen LogP contribution in [0.25, 0.3) is 0 Å². The molecule has 1 amide bonds. The number of carbonyl (C=O) groups excluding carboxylic acids is 1. The molecular weight excluding hydrogens is 852 g/mol. The molecule has 3 atom stereocenters. The Morgan fingerprint density at radius 2 is 0.836 bits per heavy atom. The van der Waals surface area contributed by atoms with Gasteiger partial charge in [-0.1, -0.05) is 236 Å². The quantitative estimate of drug-likeness (QED) is 0.0272. The molecule has 0 aliphatic heterocycles. The number of quaternary nitrogens is 1. The molecule has 0 aliphatic rings. The lowest BCUT2D eigenvalue weighted by Crippen LogP contribution is -2.45. The number of unbranched alkanes of at least 4 members (excludes halogenated alkanes) is 33. The molecule has 0 saturated heterocycles. The van der Waals surface area contributed by atoms with Crippen molar-refractivity contribution in [1.82, 2.24) is 5.32 Å². The molecule has 3 unspecified atom stereocenters. The van der Waals surface area contributed by atoms with E-state index in [0.717, 1.165) is 64.2 Å². The maximum atomic E-state index is 12.9. The first-order valence-electron chi connectivity index (χ1n) is 28.5. The van der Waals surface area contributed by atoms with Gasteiger partial charge in [-0.25, -0.2) is 0 Å². The maximum absolute atomic E-state index is 12.9. The molecule has 0 aromatic heterocycles. The number of hydrogen-bond acceptors (Lipinski definition) is 6. The fourth-order valence-corrected chi connectivity index (χ4v) is 8.96. The number of amides is 1. The molecule has 0 saturated carbocycles. The minimum Gasteiger partial charge on any atom is -0.756 e. The standard InChI is InChI=1S/C58H111N2O6P/c1-6-8-10-12-14-16-18-20-22-23-24-25-26-27-28-29-30-31-32-33-34-35-36-37-38-39-41-43-45-47-49-51-57(61)56(55-66-67(63,64)65-54-53-60(3,4)5)59-58(62)52-50-48-46-44-42-40-21-19-17-15-13-11-9-7-2/h19,21,36-37,41,43,49,51,56-57,61H,6-18,20,22-35,38-40,42,44-48,50,52-55H2,1-5H3,(H-,59,62,63,64)/b21-19-,37-36+,43-41+,51-49+. The number of allylic oxidation sites excluding steroid dienone is 7. The molecule has 0 spiro atoms. The van der Waals surface area contributed by atoms with Crippen molar-refractivity contribution in [3.8, 4) is 0 Å². The minimum absolute atomic E-state index is 0.0112. The monoisotopic (exact) mass is 963 g/mol. The number of aliphatic hydroxyl groups is 1. The Kier molecular flexibility index (Phi) is 48.3. The van der Waals surface area contributed by atoms with Gasteiger partial charge >= 0.3 is 0 Å². The van der Waals surface area contributed by atoms with Crippen molar-refractivity contribution in [3.05, 3.63) is 48.6 Å². The van der Waals surface area contributed by atoms with Gasteiger partial charge in [0, 0.05) is 6.42 Å². The van der Waals surface area contributed by atoms with Crippen LogP contribution in [0.2, 0.25) is 0 Å². The summed E-state index contributed by atoms with van der Waals surface area (Å²) in [6, 6.07) is -0.915. The van der Waals surface area contributed by atoms with E-state index in [1.807, 2.05) is 27.2 Å². The Balaban J connectivity index is 4.19. The summed E-state index contributed by atoms with van der Waals surface area (Å²) in [6.07, 6.45) is 64.9. The Hall–Kier alpha value is -1.54. The number of likely N-dealkylation sites (N-methyl/N-ethyl adjacent to an activating group) is 1. The first kappa shape index (κ1) is 65.5. The maximum Gasteiger partial charge on any atom is 0.268 e. The highest BCUT2D eigenvalue weighted by molar-refractivity contribution is 7.45. The van der Waals surface area contributed by atoms with E-state index in [4.69, 9.17) is 9.05 Å². The van der Waals surface area contributed by atoms with Crippen LogP contribution in [0.5, 0.6) is 0 Å². The fraction of sp³-hybridized carbons (Fsp3) is 0.845. The van der Waals surface area contributed by atoms with Gasteiger partial charge in [0.05, 0.1) is 39.9 Å². The predicted octanol–water partition coefficient (Wildman–Crippen LogP) is 16.5. The lowest BCUT2D eigenvalue weighted by molar-refractivity contribution is -0.870. The molecule has 0 fully saturated rings. The zero-order valence-electron chi connectivity index (χ0n) is 44.9. The fourth-order valence-electron chi connectivity index (χ4n) is 8.24. The van der Waals surface area contributed by atoms with E-state index in [1.54, 1.807) is 6.08 Å². The summed E-state index contributed by atoms with van der Waals surface area (Å²) in [5.74, 6) is -0.220. The Morgan fingerprint density at radius 3 is 1.21 bits per heavy atom. The molecule has 0 aromatic rings. The average molecular weight is 964 g/mol. The first-order valence-corrected chi connectivity index (χ1v) is 30.0. The zero-order valence-corrected chi connectivity index (χ0v) is 45.7. The minimum atomic E-state index is -4.61. The van der Waals surface area contributed by atoms with Crippen molar-refractivity contribution >= 4 is 13.7 Å². The number of rotatable bonds is 52. The molecule has 8 nitrogen and oxygen atoms in total. The average Bonchev–Trinajstić information content (AvgIpc) is 3.29. The van der Waals surface area contributed by atoms with Gasteiger partial charge < -0.3 is 28.8 Å². The van der Waals surface area contributed by atoms with Crippen LogP contribution in [0.1, 0.15) is 264 Å². The van der Waals surface area contributed by atoms with Crippen LogP contribution >= 0.6 is 7.82 Å². The van der Waals surface area contributed by atoms with E-state index in [9.17, 15) is 19.4 Å². The van der Waals surface area contributed by atoms with Crippen LogP contribution in [-0.4, -0.2) is 68.5 Å². The normalized spacial score (nSPS) is 14.3. The molecule has 394 valence electrons. The molecule has 9 heteroatoms. The van der Waals surface area contributed by atoms with Crippen LogP contribution in [0.4, 0.5) is 0 Å². The van der Waals surface area contributed by atoms with Crippen molar-refractivity contribution in [2.75, 3.05) is 40.9 Å². The number of phosphoric ester groups is 1. The van der Waals surface area contributed by atoms with Gasteiger partial charge in [0.1, 0.15) is 13.2 Å². The van der Waals surface area contributed by atoms with Crippen LogP contribution in [0.15, 0.2) is 48.6 Å². The van der Waals surface area contributed by atoms with E-state index in [2.05, 4.69) is 55.6 Å². The number of nitrogens with one attached hydrogen (secondary N) is 1. The summed E-state index contributed by atoms with van der Waals surface area (Å²) in [4.78, 5) is 25.4. The van der Waals surface area contributed by atoms with Gasteiger partial charge in [-0.3, -0.25) is 9.36 Å². The van der Waals surface area contributed by atoms with Gasteiger partial charge in [0.2, 0.25) is 5.91 Å². The van der Waals surface area contributed by atoms with Crippen LogP contribution in [0, 0.1) is 0 Å². The second-order valence-electron chi connectivity index (χ2n) is 20.6. The summed E-state index contributed by atoms with van der Waals surface area (Å²) in [7, 11) is 1.23. The van der Waals surface area contributed by atoms with Gasteiger partial charge in [-0.15, -0.1) is 0 Å². The van der Waals surface area contributed by atoms with Gasteiger partial charge in [-0.05, 0) is 70.6 Å². The molecule has 0 bridgehead atoms. The van der Waals surface area contributed by atoms with E-state index >= 15 is 0 Å². The van der Waals surface area contributed by atoms with Crippen LogP contribution in [0.3, 0.4) is 0 Å². The van der Waals surface area contributed by atoms with E-state index in [0.29, 0.717) is 17.4 Å². The molecular formula is C58H111N2O6P. The van der Waals surface area contributed by atoms with Crippen molar-refractivity contribution in [3.63, 3.8) is 0 Å². The van der Waals surface area contributed by atoms with Crippen LogP contribution < -0.4 is 10.2 Å². The smallest absolute Gasteiger partial charge is 0.268 e. The number of nitrogens with zero attached hydrogens (tertiary/aromatic N) is 1. The number of phosphoric acid groups is 1. The number of hydrogen-bond donors (Lipinski definition) is 2. The molecule has 2 N–H and O–H groups in total. The SMILES string of the molecule is CCCCCCC/C=C\CCCCCCCC(=O)NC(COP(=O)([O-])OCC[N+](C)(C)C)C(O)/C=C/CC/C=C/CC/C=C/CCCCCCCCCCCCCCCCCCCCCCC. The van der Waals surface area contributed by atoms with E-state index in [1.165, 1.54) is 180 Å². The Bertz CT molecular complexity index is 1230. The number of aliphatic hydroxyl groups excluding tert-OH is 1. The highest BCUT2D eigenvalue weighted by atomic mass is 31.2. The van der Waals surface area contributed by atoms with Gasteiger partial charge in [0.15, 0.2) is 0 Å². The largest absolute Gasteiger partial charge is 0.756 e. The molecule has 67 heavy (non-hydrogen) atoms. The Morgan fingerprint density at radius 1 is 0.507 bits per heavy atom. The number of carbonyl (C=O) groups is 1. The summed E-state index contributed by atoms with van der Waals surface area (Å²) in [5.41, 5.74) is 0. The molecule has 0 heterocycles. The van der Waals surface area contributed by atoms with Crippen LogP contribution in [-0.2, 0) is 18.4 Å². The van der Waals surface area contributed by atoms with E-state index < -0.39 is 26.6 Å². The second-order valence-corrected chi connectivity index (χ2v) is 22.0. The summed E-state index contributed by atoms with van der Waals surface area (Å²) >= 11 is 0. The highest BCUT2D eigenvalue weighted by Crippen LogP contribution is 2.38. The van der Waals surface area contributed by atoms with Gasteiger partial charge in [0.25, 0.3) is 7.82 Å². The Labute approximate surface area is 416 Å². The third-order valence-electron chi connectivity index (χ3n) is 12.7. The summed E-state index contributed by atoms with van der Waals surface area (Å²) in [5, 5.41) is 13.8. The van der Waals surface area contributed by atoms with Crippen molar-refractivity contribution in [2.45, 2.75) is 276 Å². The third kappa shape index (κ3) is 52.1. The zero-order chi connectivity index (χ0) is 49.2. The van der Waals surface area contributed by atoms with Gasteiger partial charge in [-0.2, -0.15) is 0 Å². The van der Waals surface area contributed by atoms with E-state index in [-0.39, 0.29) is 12.5 Å². The molecule has 0 radical (unpaired) electrons. The highest BCUT2D eigenvalue weighted by Gasteiger charge is 2.23. The first-order chi connectivity index (χ1) is 32.5. The summed E-state index contributed by atoms with van der Waals surface area (Å²) in [6.45, 7) is 4.62. The molecule has 0 aliphatic carbocycles.